The monoisotopic (exact) mass is 286 g/mol. The Bertz CT molecular complexity index is 651. The number of anilines is 1. The van der Waals surface area contributed by atoms with Crippen molar-refractivity contribution >= 4 is 5.95 Å². The van der Waals surface area contributed by atoms with Gasteiger partial charge in [-0.25, -0.2) is 9.37 Å². The van der Waals surface area contributed by atoms with Gasteiger partial charge in [0.25, 0.3) is 0 Å². The summed E-state index contributed by atoms with van der Waals surface area (Å²) in [6, 6.07) is 4.62. The average Bonchev–Trinajstić information content (AvgIpc) is 2.50. The predicted octanol–water partition coefficient (Wildman–Crippen LogP) is 3.62. The van der Waals surface area contributed by atoms with Gasteiger partial charge >= 0.3 is 0 Å². The van der Waals surface area contributed by atoms with Crippen LogP contribution in [0.15, 0.2) is 18.2 Å². The maximum atomic E-state index is 13.5. The lowest BCUT2D eigenvalue weighted by molar-refractivity contribution is 0.428. The van der Waals surface area contributed by atoms with Gasteiger partial charge in [-0.3, -0.25) is 0 Å². The summed E-state index contributed by atoms with van der Waals surface area (Å²) >= 11 is 0. The number of rotatable bonds is 2. The van der Waals surface area contributed by atoms with E-state index in [-0.39, 0.29) is 11.8 Å². The maximum Gasteiger partial charge on any atom is 0.223 e. The summed E-state index contributed by atoms with van der Waals surface area (Å²) in [6.07, 6.45) is 5.85. The molecule has 21 heavy (non-hydrogen) atoms. The fourth-order valence-electron chi connectivity index (χ4n) is 2.91. The first-order chi connectivity index (χ1) is 10.1. The molecule has 0 spiro atoms. The van der Waals surface area contributed by atoms with Crippen LogP contribution < -0.4 is 5.73 Å². The van der Waals surface area contributed by atoms with Gasteiger partial charge in [-0.2, -0.15) is 9.97 Å². The molecule has 110 valence electrons. The molecule has 1 fully saturated rings. The molecule has 1 aromatic carbocycles. The molecular formula is C16H19FN4. The molecule has 0 saturated heterocycles. The second-order valence-corrected chi connectivity index (χ2v) is 5.67. The highest BCUT2D eigenvalue weighted by atomic mass is 19.1. The van der Waals surface area contributed by atoms with Crippen molar-refractivity contribution in [3.8, 4) is 11.4 Å². The summed E-state index contributed by atoms with van der Waals surface area (Å²) in [6.45, 7) is 1.91. The van der Waals surface area contributed by atoms with Crippen molar-refractivity contribution in [3.05, 3.63) is 35.4 Å². The van der Waals surface area contributed by atoms with Crippen molar-refractivity contribution < 1.29 is 4.39 Å². The molecular weight excluding hydrogens is 267 g/mol. The molecule has 2 N–H and O–H groups in total. The summed E-state index contributed by atoms with van der Waals surface area (Å²) in [5.74, 6) is 1.48. The minimum atomic E-state index is -0.297. The molecule has 3 rings (SSSR count). The van der Waals surface area contributed by atoms with Crippen molar-refractivity contribution in [2.24, 2.45) is 0 Å². The lowest BCUT2D eigenvalue weighted by Gasteiger charge is -2.20. The number of halogens is 1. The highest BCUT2D eigenvalue weighted by Crippen LogP contribution is 2.32. The Morgan fingerprint density at radius 2 is 1.86 bits per heavy atom. The highest BCUT2D eigenvalue weighted by molar-refractivity contribution is 5.60. The molecule has 5 heteroatoms. The fraction of sp³-hybridized carbons (Fsp3) is 0.438. The van der Waals surface area contributed by atoms with Crippen LogP contribution in [0.4, 0.5) is 10.3 Å². The minimum Gasteiger partial charge on any atom is -0.368 e. The van der Waals surface area contributed by atoms with Crippen LogP contribution in [-0.2, 0) is 0 Å². The number of aromatic nitrogens is 3. The van der Waals surface area contributed by atoms with Gasteiger partial charge in [-0.1, -0.05) is 25.3 Å². The molecule has 2 aromatic rings. The van der Waals surface area contributed by atoms with Gasteiger partial charge < -0.3 is 5.73 Å². The van der Waals surface area contributed by atoms with Crippen LogP contribution in [0.5, 0.6) is 0 Å². The van der Waals surface area contributed by atoms with Crippen molar-refractivity contribution in [1.29, 1.82) is 0 Å². The van der Waals surface area contributed by atoms with Gasteiger partial charge in [-0.15, -0.1) is 0 Å². The lowest BCUT2D eigenvalue weighted by Crippen LogP contribution is -2.12. The fourth-order valence-corrected chi connectivity index (χ4v) is 2.91. The quantitative estimate of drug-likeness (QED) is 0.915. The normalized spacial score (nSPS) is 16.1. The number of nitrogens with two attached hydrogens (primary N) is 1. The Kier molecular flexibility index (Phi) is 3.82. The molecule has 0 radical (unpaired) electrons. The number of nitrogen functional groups attached to an aromatic ring is 1. The molecule has 0 amide bonds. The van der Waals surface area contributed by atoms with E-state index in [1.165, 1.54) is 31.4 Å². The van der Waals surface area contributed by atoms with E-state index in [0.29, 0.717) is 17.3 Å². The Labute approximate surface area is 123 Å². The Morgan fingerprint density at radius 1 is 1.10 bits per heavy atom. The zero-order valence-corrected chi connectivity index (χ0v) is 12.1. The highest BCUT2D eigenvalue weighted by Gasteiger charge is 2.20. The molecule has 0 aliphatic heterocycles. The summed E-state index contributed by atoms with van der Waals surface area (Å²) in [5.41, 5.74) is 7.44. The molecule has 1 aromatic heterocycles. The molecule has 0 bridgehead atoms. The molecule has 0 atom stereocenters. The smallest absolute Gasteiger partial charge is 0.223 e. The van der Waals surface area contributed by atoms with E-state index in [1.807, 2.05) is 6.92 Å². The summed E-state index contributed by atoms with van der Waals surface area (Å²) < 4.78 is 13.5. The average molecular weight is 286 g/mol. The summed E-state index contributed by atoms with van der Waals surface area (Å²) in [4.78, 5) is 13.0. The zero-order valence-electron chi connectivity index (χ0n) is 12.1. The largest absolute Gasteiger partial charge is 0.368 e. The number of hydrogen-bond acceptors (Lipinski definition) is 4. The molecule has 1 saturated carbocycles. The molecule has 1 aliphatic carbocycles. The zero-order chi connectivity index (χ0) is 14.8. The number of nitrogens with zero attached hydrogens (tertiary/aromatic N) is 3. The van der Waals surface area contributed by atoms with Crippen molar-refractivity contribution in [1.82, 2.24) is 15.0 Å². The second kappa shape index (κ2) is 5.76. The van der Waals surface area contributed by atoms with Crippen LogP contribution in [0.2, 0.25) is 0 Å². The first-order valence-electron chi connectivity index (χ1n) is 7.41. The first-order valence-corrected chi connectivity index (χ1v) is 7.41. The van der Waals surface area contributed by atoms with Crippen LogP contribution in [0.3, 0.4) is 0 Å². The molecule has 1 aliphatic rings. The van der Waals surface area contributed by atoms with Gasteiger partial charge in [0, 0.05) is 11.5 Å². The minimum absolute atomic E-state index is 0.212. The third-order valence-electron chi connectivity index (χ3n) is 4.08. The third kappa shape index (κ3) is 3.01. The lowest BCUT2D eigenvalue weighted by atomic mass is 9.88. The number of aryl methyl sites for hydroxylation is 1. The van der Waals surface area contributed by atoms with Crippen LogP contribution in [-0.4, -0.2) is 15.0 Å². The Hall–Kier alpha value is -2.04. The van der Waals surface area contributed by atoms with Crippen molar-refractivity contribution in [2.75, 3.05) is 5.73 Å². The topological polar surface area (TPSA) is 64.7 Å². The van der Waals surface area contributed by atoms with Crippen LogP contribution in [0.25, 0.3) is 11.4 Å². The van der Waals surface area contributed by atoms with E-state index in [1.54, 1.807) is 6.07 Å². The second-order valence-electron chi connectivity index (χ2n) is 5.67. The van der Waals surface area contributed by atoms with Gasteiger partial charge in [-0.05, 0) is 37.5 Å². The van der Waals surface area contributed by atoms with Gasteiger partial charge in [0.15, 0.2) is 5.82 Å². The van der Waals surface area contributed by atoms with E-state index >= 15 is 0 Å². The molecule has 0 unspecified atom stereocenters. The van der Waals surface area contributed by atoms with Crippen molar-refractivity contribution in [2.45, 2.75) is 44.9 Å². The third-order valence-corrected chi connectivity index (χ3v) is 4.08. The first kappa shape index (κ1) is 13.9. The summed E-state index contributed by atoms with van der Waals surface area (Å²) in [7, 11) is 0. The maximum absolute atomic E-state index is 13.5. The van der Waals surface area contributed by atoms with Gasteiger partial charge in [0.1, 0.15) is 11.6 Å². The van der Waals surface area contributed by atoms with E-state index < -0.39 is 0 Å². The van der Waals surface area contributed by atoms with Crippen molar-refractivity contribution in [3.63, 3.8) is 0 Å². The van der Waals surface area contributed by atoms with Gasteiger partial charge in [0.05, 0.1) is 0 Å². The predicted molar refractivity (Wildman–Crippen MR) is 80.2 cm³/mol. The van der Waals surface area contributed by atoms with Crippen LogP contribution in [0.1, 0.15) is 49.4 Å². The van der Waals surface area contributed by atoms with E-state index in [9.17, 15) is 4.39 Å². The molecule has 4 nitrogen and oxygen atoms in total. The number of benzene rings is 1. The Balaban J connectivity index is 2.02. The Morgan fingerprint density at radius 3 is 2.62 bits per heavy atom. The van der Waals surface area contributed by atoms with E-state index in [0.717, 1.165) is 24.2 Å². The standard InChI is InChI=1S/C16H19FN4/c1-10-7-8-12(17)9-13(10)15-19-14(20-16(18)21-15)11-5-3-2-4-6-11/h7-9,11H,2-6H2,1H3,(H2,18,19,20,21). The van der Waals surface area contributed by atoms with E-state index in [2.05, 4.69) is 15.0 Å². The number of hydrogen-bond donors (Lipinski definition) is 1. The summed E-state index contributed by atoms with van der Waals surface area (Å²) in [5, 5.41) is 0. The molecule has 1 heterocycles. The van der Waals surface area contributed by atoms with Gasteiger partial charge in [0.2, 0.25) is 5.95 Å². The SMILES string of the molecule is Cc1ccc(F)cc1-c1nc(N)nc(C2CCCCC2)n1. The van der Waals surface area contributed by atoms with E-state index in [4.69, 9.17) is 5.73 Å². The van der Waals surface area contributed by atoms with Crippen LogP contribution in [0, 0.1) is 12.7 Å². The van der Waals surface area contributed by atoms with Crippen LogP contribution >= 0.6 is 0 Å².